The zero-order valence-corrected chi connectivity index (χ0v) is 13.2. The minimum absolute atomic E-state index is 0.283. The number of nitrogens with one attached hydrogen (secondary N) is 1. The summed E-state index contributed by atoms with van der Waals surface area (Å²) in [6.07, 6.45) is -4.89. The van der Waals surface area contributed by atoms with Crippen molar-refractivity contribution in [3.8, 4) is 5.75 Å². The first kappa shape index (κ1) is 16.6. The molecule has 0 saturated heterocycles. The molecule has 118 valence electrons. The lowest BCUT2D eigenvalue weighted by Crippen LogP contribution is -2.18. The molecule has 4 nitrogen and oxygen atoms in total. The fourth-order valence-corrected chi connectivity index (χ4v) is 2.93. The highest BCUT2D eigenvalue weighted by molar-refractivity contribution is 9.10. The van der Waals surface area contributed by atoms with Gasteiger partial charge in [0.15, 0.2) is 0 Å². The molecule has 0 radical (unpaired) electrons. The van der Waals surface area contributed by atoms with E-state index in [1.165, 1.54) is 18.2 Å². The van der Waals surface area contributed by atoms with Gasteiger partial charge in [0.25, 0.3) is 10.0 Å². The molecule has 22 heavy (non-hydrogen) atoms. The number of alkyl halides is 3. The lowest BCUT2D eigenvalue weighted by atomic mass is 10.3. The van der Waals surface area contributed by atoms with Crippen molar-refractivity contribution in [2.45, 2.75) is 11.3 Å². The normalized spacial score (nSPS) is 12.0. The Balaban J connectivity index is 2.25. The molecule has 1 N–H and O–H groups in total. The smallest absolute Gasteiger partial charge is 0.406 e. The Hall–Kier alpha value is -1.74. The largest absolute Gasteiger partial charge is 0.573 e. The topological polar surface area (TPSA) is 55.4 Å². The van der Waals surface area contributed by atoms with E-state index in [9.17, 15) is 21.6 Å². The maximum Gasteiger partial charge on any atom is 0.573 e. The molecule has 0 atom stereocenters. The van der Waals surface area contributed by atoms with Crippen molar-refractivity contribution in [3.05, 3.63) is 53.0 Å². The zero-order chi connectivity index (χ0) is 16.4. The molecule has 0 saturated carbocycles. The third-order valence-electron chi connectivity index (χ3n) is 2.45. The van der Waals surface area contributed by atoms with Gasteiger partial charge in [-0.05, 0) is 36.4 Å². The van der Waals surface area contributed by atoms with Gasteiger partial charge in [-0.25, -0.2) is 8.42 Å². The fourth-order valence-electron chi connectivity index (χ4n) is 1.57. The SMILES string of the molecule is O=S(=O)(Nc1ccc(Br)cc1)c1cccc(OC(F)(F)F)c1. The molecular formula is C13H9BrF3NO3S. The number of hydrogen-bond donors (Lipinski definition) is 1. The van der Waals surface area contributed by atoms with E-state index in [0.29, 0.717) is 0 Å². The third kappa shape index (κ3) is 4.63. The van der Waals surface area contributed by atoms with Crippen LogP contribution in [-0.2, 0) is 10.0 Å². The van der Waals surface area contributed by atoms with E-state index in [-0.39, 0.29) is 10.6 Å². The fraction of sp³-hybridized carbons (Fsp3) is 0.0769. The van der Waals surface area contributed by atoms with Crippen LogP contribution in [0.25, 0.3) is 0 Å². The van der Waals surface area contributed by atoms with Crippen LogP contribution in [-0.4, -0.2) is 14.8 Å². The van der Waals surface area contributed by atoms with Crippen molar-refractivity contribution in [1.29, 1.82) is 0 Å². The Labute approximate surface area is 133 Å². The van der Waals surface area contributed by atoms with Crippen molar-refractivity contribution in [3.63, 3.8) is 0 Å². The Morgan fingerprint density at radius 3 is 2.27 bits per heavy atom. The van der Waals surface area contributed by atoms with Gasteiger partial charge in [-0.3, -0.25) is 4.72 Å². The molecule has 0 aliphatic carbocycles. The Bertz CT molecular complexity index is 761. The first-order chi connectivity index (χ1) is 10.2. The maximum atomic E-state index is 12.2. The molecule has 0 bridgehead atoms. The highest BCUT2D eigenvalue weighted by Gasteiger charge is 2.31. The number of anilines is 1. The van der Waals surface area contributed by atoms with Gasteiger partial charge in [-0.2, -0.15) is 0 Å². The number of rotatable bonds is 4. The van der Waals surface area contributed by atoms with E-state index >= 15 is 0 Å². The predicted molar refractivity (Wildman–Crippen MR) is 78.1 cm³/mol. The third-order valence-corrected chi connectivity index (χ3v) is 4.35. The first-order valence-corrected chi connectivity index (χ1v) is 8.07. The standard InChI is InChI=1S/C13H9BrF3NO3S/c14-9-4-6-10(7-5-9)18-22(19,20)12-3-1-2-11(8-12)21-13(15,16)17/h1-8,18H. The van der Waals surface area contributed by atoms with Gasteiger partial charge in [0.2, 0.25) is 0 Å². The second kappa shape index (κ2) is 6.17. The molecule has 0 aliphatic rings. The molecule has 2 rings (SSSR count). The van der Waals surface area contributed by atoms with Gasteiger partial charge in [0.05, 0.1) is 4.90 Å². The van der Waals surface area contributed by atoms with Crippen LogP contribution in [0.4, 0.5) is 18.9 Å². The summed E-state index contributed by atoms with van der Waals surface area (Å²) in [5, 5.41) is 0. The highest BCUT2D eigenvalue weighted by atomic mass is 79.9. The van der Waals surface area contributed by atoms with Gasteiger partial charge in [0.1, 0.15) is 5.75 Å². The van der Waals surface area contributed by atoms with E-state index in [1.54, 1.807) is 12.1 Å². The second-order valence-corrected chi connectivity index (χ2v) is 6.73. The summed E-state index contributed by atoms with van der Waals surface area (Å²) >= 11 is 3.21. The quantitative estimate of drug-likeness (QED) is 0.845. The van der Waals surface area contributed by atoms with Crippen LogP contribution in [0.2, 0.25) is 0 Å². The number of ether oxygens (including phenoxy) is 1. The summed E-state index contributed by atoms with van der Waals surface area (Å²) in [6.45, 7) is 0. The van der Waals surface area contributed by atoms with E-state index in [1.807, 2.05) is 0 Å². The number of halogens is 4. The Morgan fingerprint density at radius 1 is 1.05 bits per heavy atom. The van der Waals surface area contributed by atoms with Crippen LogP contribution < -0.4 is 9.46 Å². The molecule has 0 fully saturated rings. The zero-order valence-electron chi connectivity index (χ0n) is 10.8. The molecular weight excluding hydrogens is 387 g/mol. The van der Waals surface area contributed by atoms with Crippen molar-refractivity contribution >= 4 is 31.6 Å². The predicted octanol–water partition coefficient (Wildman–Crippen LogP) is 4.15. The van der Waals surface area contributed by atoms with Crippen LogP contribution in [0.5, 0.6) is 5.75 Å². The van der Waals surface area contributed by atoms with E-state index in [0.717, 1.165) is 22.7 Å². The average molecular weight is 396 g/mol. The van der Waals surface area contributed by atoms with Gasteiger partial charge < -0.3 is 4.74 Å². The molecule has 0 unspecified atom stereocenters. The van der Waals surface area contributed by atoms with Crippen LogP contribution in [0, 0.1) is 0 Å². The lowest BCUT2D eigenvalue weighted by Gasteiger charge is -2.11. The minimum Gasteiger partial charge on any atom is -0.406 e. The first-order valence-electron chi connectivity index (χ1n) is 5.80. The maximum absolute atomic E-state index is 12.2. The second-order valence-electron chi connectivity index (χ2n) is 4.14. The Kier molecular flexibility index (Phi) is 4.66. The average Bonchev–Trinajstić information content (AvgIpc) is 2.40. The van der Waals surface area contributed by atoms with Gasteiger partial charge >= 0.3 is 6.36 Å². The summed E-state index contributed by atoms with van der Waals surface area (Å²) in [6, 6.07) is 10.4. The number of sulfonamides is 1. The molecule has 0 spiro atoms. The molecule has 0 amide bonds. The van der Waals surface area contributed by atoms with E-state index in [2.05, 4.69) is 25.4 Å². The summed E-state index contributed by atoms with van der Waals surface area (Å²) in [5.41, 5.74) is 0.283. The molecule has 0 aromatic heterocycles. The van der Waals surface area contributed by atoms with E-state index in [4.69, 9.17) is 0 Å². The number of hydrogen-bond acceptors (Lipinski definition) is 3. The van der Waals surface area contributed by atoms with Gasteiger partial charge in [0, 0.05) is 16.2 Å². The lowest BCUT2D eigenvalue weighted by molar-refractivity contribution is -0.274. The molecule has 2 aromatic carbocycles. The van der Waals surface area contributed by atoms with Crippen LogP contribution in [0.1, 0.15) is 0 Å². The van der Waals surface area contributed by atoms with Crippen molar-refractivity contribution in [2.75, 3.05) is 4.72 Å². The van der Waals surface area contributed by atoms with Crippen LogP contribution >= 0.6 is 15.9 Å². The van der Waals surface area contributed by atoms with Crippen molar-refractivity contribution < 1.29 is 26.3 Å². The van der Waals surface area contributed by atoms with E-state index < -0.39 is 22.1 Å². The molecule has 2 aromatic rings. The minimum atomic E-state index is -4.89. The molecule has 0 heterocycles. The van der Waals surface area contributed by atoms with Gasteiger partial charge in [-0.15, -0.1) is 13.2 Å². The van der Waals surface area contributed by atoms with Crippen molar-refractivity contribution in [2.24, 2.45) is 0 Å². The molecule has 0 aliphatic heterocycles. The van der Waals surface area contributed by atoms with Crippen LogP contribution in [0.15, 0.2) is 57.9 Å². The summed E-state index contributed by atoms with van der Waals surface area (Å²) in [5.74, 6) is -0.605. The summed E-state index contributed by atoms with van der Waals surface area (Å²) < 4.78 is 67.5. The number of benzene rings is 2. The monoisotopic (exact) mass is 395 g/mol. The summed E-state index contributed by atoms with van der Waals surface area (Å²) in [7, 11) is -4.02. The van der Waals surface area contributed by atoms with Crippen LogP contribution in [0.3, 0.4) is 0 Å². The van der Waals surface area contributed by atoms with Gasteiger partial charge in [-0.1, -0.05) is 22.0 Å². The Morgan fingerprint density at radius 2 is 1.68 bits per heavy atom. The molecule has 9 heteroatoms. The van der Waals surface area contributed by atoms with Crippen molar-refractivity contribution in [1.82, 2.24) is 0 Å². The summed E-state index contributed by atoms with van der Waals surface area (Å²) in [4.78, 5) is -0.336. The highest BCUT2D eigenvalue weighted by Crippen LogP contribution is 2.26.